The van der Waals surface area contributed by atoms with E-state index in [4.69, 9.17) is 4.99 Å². The van der Waals surface area contributed by atoms with Gasteiger partial charge in [0.2, 0.25) is 5.78 Å². The number of aliphatic hydroxyl groups is 1. The van der Waals surface area contributed by atoms with Gasteiger partial charge in [-0.3, -0.25) is 4.79 Å². The zero-order chi connectivity index (χ0) is 23.9. The number of benzene rings is 3. The van der Waals surface area contributed by atoms with Crippen LogP contribution in [0.2, 0.25) is 0 Å². The number of aromatic nitrogens is 1. The van der Waals surface area contributed by atoms with Gasteiger partial charge in [0.25, 0.3) is 0 Å². The molecule has 35 heavy (non-hydrogen) atoms. The third-order valence-corrected chi connectivity index (χ3v) is 6.45. The van der Waals surface area contributed by atoms with Crippen molar-refractivity contribution in [2.75, 3.05) is 0 Å². The maximum atomic E-state index is 13.5. The van der Waals surface area contributed by atoms with Gasteiger partial charge in [-0.1, -0.05) is 91.0 Å². The summed E-state index contributed by atoms with van der Waals surface area (Å²) < 4.78 is 0. The highest BCUT2D eigenvalue weighted by atomic mass is 16.3. The van der Waals surface area contributed by atoms with Crippen LogP contribution in [-0.4, -0.2) is 21.6 Å². The second-order valence-electron chi connectivity index (χ2n) is 8.65. The van der Waals surface area contributed by atoms with Gasteiger partial charge in [-0.05, 0) is 24.6 Å². The molecule has 0 atom stereocenters. The number of Topliss-reactive ketones (excluding diaryl/α,β-unsaturated/α-hetero) is 1. The zero-order valence-electron chi connectivity index (χ0n) is 19.1. The molecule has 0 saturated heterocycles. The molecule has 4 heteroatoms. The van der Waals surface area contributed by atoms with Gasteiger partial charge < -0.3 is 10.1 Å². The Morgan fingerprint density at radius 3 is 1.91 bits per heavy atom. The topological polar surface area (TPSA) is 65.4 Å². The molecule has 0 amide bonds. The number of H-pyrrole nitrogens is 1. The quantitative estimate of drug-likeness (QED) is 0.338. The molecule has 2 N–H and O–H groups in total. The Morgan fingerprint density at radius 1 is 0.743 bits per heavy atom. The summed E-state index contributed by atoms with van der Waals surface area (Å²) >= 11 is 0. The van der Waals surface area contributed by atoms with Crippen LogP contribution in [0, 0.1) is 6.92 Å². The van der Waals surface area contributed by atoms with E-state index in [0.717, 1.165) is 39.3 Å². The minimum Gasteiger partial charge on any atom is -0.506 e. The zero-order valence-corrected chi connectivity index (χ0v) is 19.1. The lowest BCUT2D eigenvalue weighted by molar-refractivity contribution is -0.111. The molecular formula is C31H22N2O2. The second kappa shape index (κ2) is 8.26. The van der Waals surface area contributed by atoms with E-state index in [2.05, 4.69) is 4.98 Å². The van der Waals surface area contributed by atoms with Crippen molar-refractivity contribution in [3.63, 3.8) is 0 Å². The van der Waals surface area contributed by atoms with E-state index >= 15 is 0 Å². The number of aliphatic hydroxyl groups excluding tert-OH is 1. The fourth-order valence-corrected chi connectivity index (χ4v) is 4.67. The number of nitrogens with one attached hydrogen (secondary N) is 1. The molecule has 0 saturated carbocycles. The normalized spacial score (nSPS) is 17.3. The third-order valence-electron chi connectivity index (χ3n) is 6.45. The van der Waals surface area contributed by atoms with E-state index in [-0.39, 0.29) is 11.5 Å². The Bertz CT molecular complexity index is 1590. The lowest BCUT2D eigenvalue weighted by Crippen LogP contribution is -2.24. The summed E-state index contributed by atoms with van der Waals surface area (Å²) in [7, 11) is 0. The van der Waals surface area contributed by atoms with Crippen molar-refractivity contribution in [3.05, 3.63) is 142 Å². The van der Waals surface area contributed by atoms with Crippen LogP contribution in [0.1, 0.15) is 22.4 Å². The number of nitrogens with zero attached hydrogens (tertiary/aromatic N) is 1. The lowest BCUT2D eigenvalue weighted by Gasteiger charge is -2.23. The number of hydrogen-bond donors (Lipinski definition) is 2. The molecule has 4 aromatic rings. The average Bonchev–Trinajstić information content (AvgIpc) is 3.50. The minimum atomic E-state index is -0.173. The number of aliphatic imine (C=N–C) groups is 1. The van der Waals surface area contributed by atoms with Crippen molar-refractivity contribution >= 4 is 22.8 Å². The van der Waals surface area contributed by atoms with Crippen molar-refractivity contribution in [2.45, 2.75) is 6.92 Å². The molecule has 2 aliphatic rings. The molecule has 0 spiro atoms. The SMILES string of the molecule is Cc1[nH]c(-c2ccccc2)cc1C1=C(O)C(=C2C=C(c3ccccc3)N=C2c2ccccc2)C1=O. The summed E-state index contributed by atoms with van der Waals surface area (Å²) in [5.41, 5.74) is 8.12. The molecule has 4 nitrogen and oxygen atoms in total. The van der Waals surface area contributed by atoms with Crippen LogP contribution < -0.4 is 0 Å². The Kier molecular flexibility index (Phi) is 4.93. The summed E-state index contributed by atoms with van der Waals surface area (Å²) in [6, 6.07) is 31.5. The van der Waals surface area contributed by atoms with E-state index in [1.165, 1.54) is 0 Å². The predicted molar refractivity (Wildman–Crippen MR) is 140 cm³/mol. The van der Waals surface area contributed by atoms with Crippen LogP contribution in [0.3, 0.4) is 0 Å². The predicted octanol–water partition coefficient (Wildman–Crippen LogP) is 6.68. The van der Waals surface area contributed by atoms with Gasteiger partial charge >= 0.3 is 0 Å². The van der Waals surface area contributed by atoms with Crippen LogP contribution >= 0.6 is 0 Å². The van der Waals surface area contributed by atoms with E-state index in [1.807, 2.05) is 110 Å². The molecule has 1 aliphatic heterocycles. The Labute approximate surface area is 203 Å². The number of aryl methyl sites for hydroxylation is 1. The highest BCUT2D eigenvalue weighted by molar-refractivity contribution is 6.42. The molecule has 0 fully saturated rings. The highest BCUT2D eigenvalue weighted by Gasteiger charge is 2.40. The molecule has 1 aliphatic carbocycles. The number of carbonyl (C=O) groups is 1. The second-order valence-corrected chi connectivity index (χ2v) is 8.65. The highest BCUT2D eigenvalue weighted by Crippen LogP contribution is 2.43. The first kappa shape index (κ1) is 20.9. The van der Waals surface area contributed by atoms with Crippen molar-refractivity contribution < 1.29 is 9.90 Å². The van der Waals surface area contributed by atoms with Crippen LogP contribution in [0.25, 0.3) is 22.5 Å². The summed E-state index contributed by atoms with van der Waals surface area (Å²) in [5.74, 6) is -0.158. The number of allylic oxidation sites excluding steroid dienone is 4. The summed E-state index contributed by atoms with van der Waals surface area (Å²) in [4.78, 5) is 21.7. The van der Waals surface area contributed by atoms with Crippen molar-refractivity contribution in [3.8, 4) is 11.3 Å². The lowest BCUT2D eigenvalue weighted by atomic mass is 9.79. The van der Waals surface area contributed by atoms with Crippen molar-refractivity contribution in [2.24, 2.45) is 4.99 Å². The minimum absolute atomic E-state index is 0.0147. The number of hydrogen-bond acceptors (Lipinski definition) is 3. The standard InChI is InChI=1S/C31H22N2O2/c1-19-23(17-25(32-19)20-11-5-2-6-12-20)27-30(34)28(31(27)35)24-18-26(21-13-7-3-8-14-21)33-29(24)22-15-9-4-10-16-22/h2-18,32,34H,1H3. The first-order valence-electron chi connectivity index (χ1n) is 11.5. The average molecular weight is 455 g/mol. The Balaban J connectivity index is 1.48. The van der Waals surface area contributed by atoms with Crippen LogP contribution in [0.5, 0.6) is 0 Å². The summed E-state index contributed by atoms with van der Waals surface area (Å²) in [6.07, 6.45) is 1.90. The largest absolute Gasteiger partial charge is 0.506 e. The summed E-state index contributed by atoms with van der Waals surface area (Å²) in [5, 5.41) is 11.2. The first-order chi connectivity index (χ1) is 17.1. The number of carbonyl (C=O) groups excluding carboxylic acids is 1. The van der Waals surface area contributed by atoms with Gasteiger partial charge in [0.15, 0.2) is 0 Å². The molecular weight excluding hydrogens is 432 g/mol. The number of rotatable bonds is 4. The first-order valence-corrected chi connectivity index (χ1v) is 11.5. The molecule has 0 unspecified atom stereocenters. The maximum Gasteiger partial charge on any atom is 0.201 e. The maximum absolute atomic E-state index is 13.5. The molecule has 6 rings (SSSR count). The molecule has 2 heterocycles. The van der Waals surface area contributed by atoms with E-state index < -0.39 is 0 Å². The van der Waals surface area contributed by atoms with Gasteiger partial charge in [-0.25, -0.2) is 4.99 Å². The third kappa shape index (κ3) is 3.47. The van der Waals surface area contributed by atoms with Gasteiger partial charge in [0.1, 0.15) is 5.76 Å². The van der Waals surface area contributed by atoms with E-state index in [9.17, 15) is 9.90 Å². The smallest absolute Gasteiger partial charge is 0.201 e. The Hall–Kier alpha value is -4.70. The van der Waals surface area contributed by atoms with Gasteiger partial charge in [-0.2, -0.15) is 0 Å². The van der Waals surface area contributed by atoms with E-state index in [1.54, 1.807) is 0 Å². The molecule has 3 aromatic carbocycles. The van der Waals surface area contributed by atoms with Gasteiger partial charge in [0, 0.05) is 33.7 Å². The van der Waals surface area contributed by atoms with Crippen LogP contribution in [-0.2, 0) is 4.79 Å². The molecule has 0 radical (unpaired) electrons. The number of ketones is 1. The molecule has 1 aromatic heterocycles. The summed E-state index contributed by atoms with van der Waals surface area (Å²) in [6.45, 7) is 1.92. The van der Waals surface area contributed by atoms with Crippen molar-refractivity contribution in [1.29, 1.82) is 0 Å². The van der Waals surface area contributed by atoms with Crippen LogP contribution in [0.4, 0.5) is 0 Å². The van der Waals surface area contributed by atoms with Crippen molar-refractivity contribution in [1.82, 2.24) is 4.98 Å². The van der Waals surface area contributed by atoms with Crippen LogP contribution in [0.15, 0.2) is 125 Å². The Morgan fingerprint density at radius 2 is 1.31 bits per heavy atom. The molecule has 0 bridgehead atoms. The fourth-order valence-electron chi connectivity index (χ4n) is 4.67. The van der Waals surface area contributed by atoms with E-state index in [0.29, 0.717) is 22.4 Å². The van der Waals surface area contributed by atoms with Gasteiger partial charge in [0.05, 0.1) is 22.6 Å². The number of aromatic amines is 1. The molecule has 168 valence electrons. The fraction of sp³-hybridized carbons (Fsp3) is 0.0323. The van der Waals surface area contributed by atoms with Gasteiger partial charge in [-0.15, -0.1) is 0 Å². The monoisotopic (exact) mass is 454 g/mol.